The molecule has 1 aliphatic heterocycles. The van der Waals surface area contributed by atoms with Gasteiger partial charge in [-0.25, -0.2) is 24.1 Å². The molecule has 1 fully saturated rings. The molecule has 0 radical (unpaired) electrons. The van der Waals surface area contributed by atoms with E-state index in [0.29, 0.717) is 17.4 Å². The van der Waals surface area contributed by atoms with Crippen molar-refractivity contribution in [3.63, 3.8) is 0 Å². The lowest BCUT2D eigenvalue weighted by molar-refractivity contribution is -0.117. The summed E-state index contributed by atoms with van der Waals surface area (Å²) in [6, 6.07) is 2.49. The average molecular weight is 393 g/mol. The molecule has 1 aliphatic rings. The Balaban J connectivity index is 1.75. The van der Waals surface area contributed by atoms with Crippen LogP contribution in [0.25, 0.3) is 0 Å². The fourth-order valence-electron chi connectivity index (χ4n) is 2.84. The Hall–Kier alpha value is -2.81. The minimum Gasteiger partial charge on any atom is -0.310 e. The molecule has 0 aliphatic carbocycles. The summed E-state index contributed by atoms with van der Waals surface area (Å²) in [6.07, 6.45) is 3.48. The summed E-state index contributed by atoms with van der Waals surface area (Å²) < 4.78 is 13.1. The van der Waals surface area contributed by atoms with E-state index in [4.69, 9.17) is 11.6 Å². The number of carbonyl (C=O) groups is 2. The third-order valence-electron chi connectivity index (χ3n) is 4.17. The van der Waals surface area contributed by atoms with Gasteiger partial charge in [-0.05, 0) is 18.1 Å². The van der Waals surface area contributed by atoms with Crippen LogP contribution in [0.1, 0.15) is 13.8 Å². The second kappa shape index (κ2) is 7.83. The van der Waals surface area contributed by atoms with Crippen LogP contribution in [0.4, 0.5) is 21.0 Å². The monoisotopic (exact) mass is 392 g/mol. The SMILES string of the molecule is CC(C)[C@H]1CN(c2ncc(F)cn2)C(=O)N1CC(=O)Nc1cc(Cl)ccn1. The zero-order valence-corrected chi connectivity index (χ0v) is 15.5. The molecule has 0 spiro atoms. The van der Waals surface area contributed by atoms with Gasteiger partial charge in [0, 0.05) is 11.2 Å². The molecule has 0 unspecified atom stereocenters. The van der Waals surface area contributed by atoms with Gasteiger partial charge in [0.1, 0.15) is 12.4 Å². The second-order valence-electron chi connectivity index (χ2n) is 6.44. The van der Waals surface area contributed by atoms with E-state index in [0.717, 1.165) is 12.4 Å². The Bertz CT molecular complexity index is 848. The fourth-order valence-corrected chi connectivity index (χ4v) is 3.00. The highest BCUT2D eigenvalue weighted by atomic mass is 35.5. The Kier molecular flexibility index (Phi) is 5.50. The molecule has 3 heterocycles. The van der Waals surface area contributed by atoms with Crippen molar-refractivity contribution in [2.75, 3.05) is 23.3 Å². The number of anilines is 2. The van der Waals surface area contributed by atoms with Crippen LogP contribution in [0.15, 0.2) is 30.7 Å². The van der Waals surface area contributed by atoms with Crippen molar-refractivity contribution < 1.29 is 14.0 Å². The van der Waals surface area contributed by atoms with Gasteiger partial charge >= 0.3 is 6.03 Å². The number of pyridine rings is 1. The summed E-state index contributed by atoms with van der Waals surface area (Å²) in [5, 5.41) is 3.07. The largest absolute Gasteiger partial charge is 0.327 e. The smallest absolute Gasteiger partial charge is 0.310 e. The van der Waals surface area contributed by atoms with E-state index in [1.165, 1.54) is 22.1 Å². The number of nitrogens with zero attached hydrogens (tertiary/aromatic N) is 5. The van der Waals surface area contributed by atoms with E-state index in [1.54, 1.807) is 6.07 Å². The average Bonchev–Trinajstić information content (AvgIpc) is 2.92. The summed E-state index contributed by atoms with van der Waals surface area (Å²) in [5.41, 5.74) is 0. The number of halogens is 2. The van der Waals surface area contributed by atoms with Gasteiger partial charge < -0.3 is 10.2 Å². The second-order valence-corrected chi connectivity index (χ2v) is 6.88. The first kappa shape index (κ1) is 19.0. The van der Waals surface area contributed by atoms with Gasteiger partial charge in [0.15, 0.2) is 5.82 Å². The summed E-state index contributed by atoms with van der Waals surface area (Å²) in [6.45, 7) is 4.06. The molecule has 10 heteroatoms. The molecule has 8 nitrogen and oxygen atoms in total. The molecule has 3 rings (SSSR count). The van der Waals surface area contributed by atoms with Crippen molar-refractivity contribution >= 4 is 35.3 Å². The molecule has 0 aromatic carbocycles. The van der Waals surface area contributed by atoms with Gasteiger partial charge in [-0.2, -0.15) is 0 Å². The standard InChI is InChI=1S/C17H18ClFN6O2/c1-10(2)13-8-25(16-21-6-12(19)7-22-16)17(27)24(13)9-15(26)23-14-5-11(18)3-4-20-14/h3-7,10,13H,8-9H2,1-2H3,(H,20,23,26)/t13-/m1/s1. The molecular weight excluding hydrogens is 375 g/mol. The first-order chi connectivity index (χ1) is 12.8. The van der Waals surface area contributed by atoms with E-state index in [2.05, 4.69) is 20.3 Å². The van der Waals surface area contributed by atoms with Gasteiger partial charge in [-0.15, -0.1) is 0 Å². The van der Waals surface area contributed by atoms with E-state index in [-0.39, 0.29) is 24.5 Å². The number of nitrogens with one attached hydrogen (secondary N) is 1. The number of urea groups is 1. The van der Waals surface area contributed by atoms with Crippen molar-refractivity contribution in [1.29, 1.82) is 0 Å². The Labute approximate surface area is 160 Å². The highest BCUT2D eigenvalue weighted by Crippen LogP contribution is 2.25. The van der Waals surface area contributed by atoms with Crippen LogP contribution in [0.2, 0.25) is 5.02 Å². The summed E-state index contributed by atoms with van der Waals surface area (Å²) in [4.78, 5) is 39.7. The Morgan fingerprint density at radius 2 is 2.07 bits per heavy atom. The Morgan fingerprint density at radius 3 is 2.70 bits per heavy atom. The molecule has 3 amide bonds. The zero-order chi connectivity index (χ0) is 19.6. The number of hydrogen-bond donors (Lipinski definition) is 1. The number of aromatic nitrogens is 3. The van der Waals surface area contributed by atoms with E-state index in [9.17, 15) is 14.0 Å². The normalized spacial score (nSPS) is 16.9. The first-order valence-corrected chi connectivity index (χ1v) is 8.70. The Morgan fingerprint density at radius 1 is 1.37 bits per heavy atom. The van der Waals surface area contributed by atoms with Crippen molar-refractivity contribution in [1.82, 2.24) is 19.9 Å². The molecule has 1 N–H and O–H groups in total. The molecular formula is C17H18ClFN6O2. The maximum Gasteiger partial charge on any atom is 0.327 e. The number of amides is 3. The number of hydrogen-bond acceptors (Lipinski definition) is 5. The lowest BCUT2D eigenvalue weighted by Crippen LogP contribution is -2.43. The minimum atomic E-state index is -0.587. The predicted molar refractivity (Wildman–Crippen MR) is 97.9 cm³/mol. The molecule has 0 saturated carbocycles. The predicted octanol–water partition coefficient (Wildman–Crippen LogP) is 2.57. The van der Waals surface area contributed by atoms with Crippen LogP contribution in [0.5, 0.6) is 0 Å². The summed E-state index contributed by atoms with van der Waals surface area (Å²) in [5.74, 6) is -0.483. The van der Waals surface area contributed by atoms with Gasteiger partial charge in [0.25, 0.3) is 0 Å². The lowest BCUT2D eigenvalue weighted by Gasteiger charge is -2.25. The maximum absolute atomic E-state index is 13.1. The first-order valence-electron chi connectivity index (χ1n) is 8.32. The van der Waals surface area contributed by atoms with Crippen LogP contribution in [0, 0.1) is 11.7 Å². The van der Waals surface area contributed by atoms with E-state index in [1.807, 2.05) is 13.8 Å². The highest BCUT2D eigenvalue weighted by molar-refractivity contribution is 6.30. The summed E-state index contributed by atoms with van der Waals surface area (Å²) in [7, 11) is 0. The molecule has 1 atom stereocenters. The van der Waals surface area contributed by atoms with Crippen LogP contribution in [-0.4, -0.2) is 50.9 Å². The molecule has 0 bridgehead atoms. The molecule has 142 valence electrons. The van der Waals surface area contributed by atoms with Crippen molar-refractivity contribution in [3.8, 4) is 0 Å². The quantitative estimate of drug-likeness (QED) is 0.844. The molecule has 27 heavy (non-hydrogen) atoms. The third kappa shape index (κ3) is 4.30. The highest BCUT2D eigenvalue weighted by Gasteiger charge is 2.41. The van der Waals surface area contributed by atoms with Crippen molar-refractivity contribution in [2.24, 2.45) is 5.92 Å². The van der Waals surface area contributed by atoms with Crippen LogP contribution in [0.3, 0.4) is 0 Å². The fraction of sp³-hybridized carbons (Fsp3) is 0.353. The van der Waals surface area contributed by atoms with Crippen LogP contribution in [-0.2, 0) is 4.79 Å². The van der Waals surface area contributed by atoms with Gasteiger partial charge in [0.05, 0.1) is 25.0 Å². The molecule has 2 aromatic rings. The third-order valence-corrected chi connectivity index (χ3v) is 4.40. The number of carbonyl (C=O) groups excluding carboxylic acids is 2. The zero-order valence-electron chi connectivity index (χ0n) is 14.8. The van der Waals surface area contributed by atoms with Crippen LogP contribution < -0.4 is 10.2 Å². The van der Waals surface area contributed by atoms with Crippen molar-refractivity contribution in [2.45, 2.75) is 19.9 Å². The number of rotatable bonds is 5. The minimum absolute atomic E-state index is 0.0940. The van der Waals surface area contributed by atoms with Gasteiger partial charge in [-0.3, -0.25) is 9.69 Å². The molecule has 2 aromatic heterocycles. The van der Waals surface area contributed by atoms with Crippen LogP contribution >= 0.6 is 11.6 Å². The molecule has 1 saturated heterocycles. The lowest BCUT2D eigenvalue weighted by atomic mass is 10.0. The summed E-state index contributed by atoms with van der Waals surface area (Å²) >= 11 is 5.88. The topological polar surface area (TPSA) is 91.3 Å². The van der Waals surface area contributed by atoms with Gasteiger partial charge in [0.2, 0.25) is 11.9 Å². The van der Waals surface area contributed by atoms with E-state index < -0.39 is 17.8 Å². The maximum atomic E-state index is 13.1. The van der Waals surface area contributed by atoms with Gasteiger partial charge in [-0.1, -0.05) is 25.4 Å². The van der Waals surface area contributed by atoms with E-state index >= 15 is 0 Å². The van der Waals surface area contributed by atoms with Crippen molar-refractivity contribution in [3.05, 3.63) is 41.6 Å².